The van der Waals surface area contributed by atoms with E-state index in [4.69, 9.17) is 0 Å². The highest BCUT2D eigenvalue weighted by molar-refractivity contribution is 5.93. The Labute approximate surface area is 355 Å². The molecule has 0 bridgehead atoms. The van der Waals surface area contributed by atoms with Crippen LogP contribution in [0.2, 0.25) is 0 Å². The molecule has 4 amide bonds. The van der Waals surface area contributed by atoms with Crippen LogP contribution < -0.4 is 21.3 Å². The molecular weight excluding hydrogens is 721 g/mol. The summed E-state index contributed by atoms with van der Waals surface area (Å²) >= 11 is 0. The average Bonchev–Trinajstić information content (AvgIpc) is 4.07. The molecule has 0 spiro atoms. The van der Waals surface area contributed by atoms with Crippen molar-refractivity contribution in [3.8, 4) is 0 Å². The summed E-state index contributed by atoms with van der Waals surface area (Å²) < 4.78 is 0. The van der Waals surface area contributed by atoms with E-state index in [1.807, 2.05) is 13.8 Å². The standard InChI is InChI=1S/C34H59N3O3.C14H23NO.C2H6/c1-10-25-29(33(25,7)8)24(22(2)3)20-26(38)30(34(9)18-12-11-13-19-34)37-31(40)36-27(32(4,5)6)16-17-28(39)35-21-23-14-15-23;1-10(6-7-12-4-3-5-12)11(2)14(16)15-13-8-9-13;1-2/h23-25,27,29-30H,2,10-21H2,1,3-9H3,(H,35,39)(H2,36,37,40);10,12-13H,2-9H2,1H3,(H,15,16);1-2H3/t24?,25-,27?,29+,30?;;/m0../s1. The molecule has 8 heteroatoms. The SMILES string of the molecule is C=C(C(=O)NC1CC1)C(C)CCC1CCC1.C=C(C)C(CC(=O)C(NC(=O)NC(CCC(=O)NCC1CC1)C(C)(C)C)C1(C)CCCCC1)[C@@H]1[C@H](CC)C1(C)C.CC. The van der Waals surface area contributed by atoms with Gasteiger partial charge in [0, 0.05) is 37.0 Å². The molecule has 0 saturated heterocycles. The highest BCUT2D eigenvalue weighted by Gasteiger charge is 2.60. The molecule has 4 N–H and O–H groups in total. The minimum absolute atomic E-state index is 0.0466. The molecule has 5 saturated carbocycles. The van der Waals surface area contributed by atoms with Gasteiger partial charge in [0.2, 0.25) is 11.8 Å². The van der Waals surface area contributed by atoms with Gasteiger partial charge < -0.3 is 21.3 Å². The topological polar surface area (TPSA) is 116 Å². The van der Waals surface area contributed by atoms with E-state index in [1.54, 1.807) is 0 Å². The van der Waals surface area contributed by atoms with Crippen LogP contribution in [0, 0.1) is 51.8 Å². The van der Waals surface area contributed by atoms with Crippen molar-refractivity contribution >= 4 is 23.6 Å². The number of amides is 4. The molecule has 0 heterocycles. The lowest BCUT2D eigenvalue weighted by atomic mass is 9.68. The fourth-order valence-electron chi connectivity index (χ4n) is 9.77. The van der Waals surface area contributed by atoms with Crippen molar-refractivity contribution in [2.24, 2.45) is 51.8 Å². The number of allylic oxidation sites excluding steroid dienone is 1. The van der Waals surface area contributed by atoms with Crippen LogP contribution in [0.3, 0.4) is 0 Å². The molecule has 0 radical (unpaired) electrons. The van der Waals surface area contributed by atoms with Gasteiger partial charge in [0.05, 0.1) is 6.04 Å². The zero-order valence-corrected chi connectivity index (χ0v) is 39.2. The predicted octanol–water partition coefficient (Wildman–Crippen LogP) is 11.2. The van der Waals surface area contributed by atoms with Crippen LogP contribution >= 0.6 is 0 Å². The van der Waals surface area contributed by atoms with Crippen molar-refractivity contribution in [3.05, 3.63) is 24.3 Å². The molecule has 0 aromatic carbocycles. The summed E-state index contributed by atoms with van der Waals surface area (Å²) in [7, 11) is 0. The van der Waals surface area contributed by atoms with Gasteiger partial charge in [-0.1, -0.05) is 133 Å². The van der Waals surface area contributed by atoms with Crippen LogP contribution in [0.4, 0.5) is 4.79 Å². The first-order valence-corrected chi connectivity index (χ1v) is 23.8. The van der Waals surface area contributed by atoms with Crippen molar-refractivity contribution in [2.75, 3.05) is 6.54 Å². The summed E-state index contributed by atoms with van der Waals surface area (Å²) in [5.41, 5.74) is 1.60. The smallest absolute Gasteiger partial charge is 0.315 e. The van der Waals surface area contributed by atoms with Gasteiger partial charge in [-0.15, -0.1) is 0 Å². The van der Waals surface area contributed by atoms with Crippen molar-refractivity contribution < 1.29 is 19.2 Å². The molecule has 332 valence electrons. The van der Waals surface area contributed by atoms with Crippen LogP contribution in [0.25, 0.3) is 0 Å². The summed E-state index contributed by atoms with van der Waals surface area (Å²) in [6.45, 7) is 32.5. The number of Topliss-reactive ketones (excluding diaryl/α,β-unsaturated/α-hetero) is 1. The molecule has 5 fully saturated rings. The minimum Gasteiger partial charge on any atom is -0.356 e. The molecular formula is C50H88N4O4. The number of urea groups is 1. The van der Waals surface area contributed by atoms with Gasteiger partial charge in [-0.3, -0.25) is 14.4 Å². The van der Waals surface area contributed by atoms with E-state index in [1.165, 1.54) is 44.9 Å². The second-order valence-corrected chi connectivity index (χ2v) is 21.0. The van der Waals surface area contributed by atoms with Crippen LogP contribution in [-0.4, -0.2) is 48.3 Å². The molecule has 0 aliphatic heterocycles. The molecule has 5 rings (SSSR count). The maximum Gasteiger partial charge on any atom is 0.315 e. The molecule has 8 nitrogen and oxygen atoms in total. The highest BCUT2D eigenvalue weighted by Crippen LogP contribution is 2.65. The number of hydrogen-bond donors (Lipinski definition) is 4. The Morgan fingerprint density at radius 1 is 0.828 bits per heavy atom. The molecule has 0 aromatic rings. The molecule has 5 aliphatic carbocycles. The predicted molar refractivity (Wildman–Crippen MR) is 241 cm³/mol. The second-order valence-electron chi connectivity index (χ2n) is 21.0. The van der Waals surface area contributed by atoms with Crippen molar-refractivity contribution in [3.63, 3.8) is 0 Å². The Hall–Kier alpha value is -2.64. The third-order valence-corrected chi connectivity index (χ3v) is 14.7. The number of carbonyl (C=O) groups is 4. The number of ketones is 1. The van der Waals surface area contributed by atoms with Crippen LogP contribution in [0.15, 0.2) is 24.3 Å². The lowest BCUT2D eigenvalue weighted by Crippen LogP contribution is -2.57. The van der Waals surface area contributed by atoms with E-state index >= 15 is 0 Å². The molecule has 0 aromatic heterocycles. The summed E-state index contributed by atoms with van der Waals surface area (Å²) in [4.78, 5) is 51.8. The molecule has 4 unspecified atom stereocenters. The normalized spacial score (nSPS) is 24.0. The van der Waals surface area contributed by atoms with Gasteiger partial charge in [0.25, 0.3) is 0 Å². The van der Waals surface area contributed by atoms with Gasteiger partial charge in [-0.2, -0.15) is 0 Å². The highest BCUT2D eigenvalue weighted by atomic mass is 16.2. The van der Waals surface area contributed by atoms with Gasteiger partial charge in [-0.05, 0) is 116 Å². The number of hydrogen-bond acceptors (Lipinski definition) is 4. The van der Waals surface area contributed by atoms with Crippen molar-refractivity contribution in [1.29, 1.82) is 0 Å². The van der Waals surface area contributed by atoms with Gasteiger partial charge >= 0.3 is 6.03 Å². The molecule has 5 aliphatic rings. The van der Waals surface area contributed by atoms with Crippen LogP contribution in [-0.2, 0) is 14.4 Å². The quantitative estimate of drug-likeness (QED) is 0.0724. The van der Waals surface area contributed by atoms with E-state index < -0.39 is 6.04 Å². The largest absolute Gasteiger partial charge is 0.356 e. The van der Waals surface area contributed by atoms with Crippen LogP contribution in [0.5, 0.6) is 0 Å². The maximum atomic E-state index is 14.1. The first-order valence-electron chi connectivity index (χ1n) is 23.8. The van der Waals surface area contributed by atoms with Gasteiger partial charge in [0.15, 0.2) is 5.78 Å². The Bertz CT molecular complexity index is 1380. The monoisotopic (exact) mass is 809 g/mol. The zero-order chi connectivity index (χ0) is 43.4. The Morgan fingerprint density at radius 3 is 1.93 bits per heavy atom. The first-order chi connectivity index (χ1) is 27.3. The molecule has 58 heavy (non-hydrogen) atoms. The Kier molecular flexibility index (Phi) is 19.1. The summed E-state index contributed by atoms with van der Waals surface area (Å²) in [6, 6.07) is -0.564. The van der Waals surface area contributed by atoms with E-state index in [0.29, 0.717) is 49.0 Å². The lowest BCUT2D eigenvalue weighted by Gasteiger charge is -2.41. The van der Waals surface area contributed by atoms with Gasteiger partial charge in [0.1, 0.15) is 0 Å². The molecule has 6 atom stereocenters. The van der Waals surface area contributed by atoms with Gasteiger partial charge in [-0.25, -0.2) is 4.79 Å². The maximum absolute atomic E-state index is 14.1. The fourth-order valence-corrected chi connectivity index (χ4v) is 9.77. The lowest BCUT2D eigenvalue weighted by molar-refractivity contribution is -0.125. The van der Waals surface area contributed by atoms with E-state index in [-0.39, 0.29) is 51.8 Å². The van der Waals surface area contributed by atoms with E-state index in [0.717, 1.165) is 75.0 Å². The number of carbonyl (C=O) groups excluding carboxylic acids is 4. The Morgan fingerprint density at radius 2 is 1.45 bits per heavy atom. The second kappa shape index (κ2) is 22.3. The summed E-state index contributed by atoms with van der Waals surface area (Å²) in [5.74, 6) is 3.40. The zero-order valence-electron chi connectivity index (χ0n) is 39.2. The Balaban J connectivity index is 0.000000413. The van der Waals surface area contributed by atoms with Crippen molar-refractivity contribution in [2.45, 2.75) is 210 Å². The van der Waals surface area contributed by atoms with Crippen LogP contribution in [0.1, 0.15) is 192 Å². The number of rotatable bonds is 20. The number of nitrogens with one attached hydrogen (secondary N) is 4. The average molecular weight is 809 g/mol. The first kappa shape index (κ1) is 49.7. The van der Waals surface area contributed by atoms with Crippen molar-refractivity contribution in [1.82, 2.24) is 21.3 Å². The third kappa shape index (κ3) is 15.1. The minimum atomic E-state index is -0.529. The van der Waals surface area contributed by atoms with E-state index in [9.17, 15) is 19.2 Å². The summed E-state index contributed by atoms with van der Waals surface area (Å²) in [6.07, 6.45) is 19.0. The third-order valence-electron chi connectivity index (χ3n) is 14.7. The summed E-state index contributed by atoms with van der Waals surface area (Å²) in [5, 5.41) is 12.4. The van der Waals surface area contributed by atoms with E-state index in [2.05, 4.69) is 96.7 Å². The fraction of sp³-hybridized carbons (Fsp3) is 0.840.